The van der Waals surface area contributed by atoms with Crippen molar-refractivity contribution in [2.45, 2.75) is 19.1 Å². The monoisotopic (exact) mass is 245 g/mol. The van der Waals surface area contributed by atoms with Gasteiger partial charge in [-0.15, -0.1) is 0 Å². The summed E-state index contributed by atoms with van der Waals surface area (Å²) in [7, 11) is 0. The third-order valence-corrected chi connectivity index (χ3v) is 4.15. The maximum Gasteiger partial charge on any atom is 0.338 e. The Morgan fingerprint density at radius 2 is 2.28 bits per heavy atom. The van der Waals surface area contributed by atoms with E-state index in [4.69, 9.17) is 9.47 Å². The first-order valence-corrected chi connectivity index (χ1v) is 6.49. The summed E-state index contributed by atoms with van der Waals surface area (Å²) in [4.78, 5) is 11.4. The van der Waals surface area contributed by atoms with Crippen molar-refractivity contribution in [1.82, 2.24) is 5.32 Å². The van der Waals surface area contributed by atoms with E-state index in [0.717, 1.165) is 36.2 Å². The predicted molar refractivity (Wildman–Crippen MR) is 64.4 cm³/mol. The number of ether oxygens (including phenoxy) is 2. The molecule has 18 heavy (non-hydrogen) atoms. The van der Waals surface area contributed by atoms with E-state index in [2.05, 4.69) is 5.32 Å². The second-order valence-electron chi connectivity index (χ2n) is 5.37. The number of rotatable bonds is 2. The van der Waals surface area contributed by atoms with Gasteiger partial charge in [-0.1, -0.05) is 0 Å². The second kappa shape index (κ2) is 3.72. The maximum atomic E-state index is 11.4. The van der Waals surface area contributed by atoms with Crippen molar-refractivity contribution >= 4 is 5.97 Å². The number of cyclic esters (lactones) is 1. The molecule has 1 aromatic carbocycles. The van der Waals surface area contributed by atoms with Gasteiger partial charge in [0.2, 0.25) is 0 Å². The first-order chi connectivity index (χ1) is 8.81. The molecule has 1 saturated heterocycles. The van der Waals surface area contributed by atoms with Crippen molar-refractivity contribution in [1.29, 1.82) is 0 Å². The quantitative estimate of drug-likeness (QED) is 0.799. The first kappa shape index (κ1) is 10.4. The molecule has 0 unspecified atom stereocenters. The number of carbonyl (C=O) groups is 1. The van der Waals surface area contributed by atoms with Gasteiger partial charge in [-0.25, -0.2) is 4.79 Å². The number of hydrogen-bond acceptors (Lipinski definition) is 4. The molecule has 0 radical (unpaired) electrons. The molecule has 1 saturated carbocycles. The predicted octanol–water partition coefficient (Wildman–Crippen LogP) is 1.34. The van der Waals surface area contributed by atoms with Crippen LogP contribution in [-0.2, 0) is 11.3 Å². The van der Waals surface area contributed by atoms with Crippen LogP contribution >= 0.6 is 0 Å². The van der Waals surface area contributed by atoms with E-state index >= 15 is 0 Å². The summed E-state index contributed by atoms with van der Waals surface area (Å²) in [5.41, 5.74) is 1.61. The van der Waals surface area contributed by atoms with Crippen LogP contribution in [0.15, 0.2) is 18.2 Å². The van der Waals surface area contributed by atoms with E-state index in [9.17, 15) is 4.79 Å². The Bertz CT molecular complexity index is 514. The molecule has 4 heteroatoms. The van der Waals surface area contributed by atoms with Crippen LogP contribution in [0, 0.1) is 11.8 Å². The van der Waals surface area contributed by atoms with Gasteiger partial charge in [0.05, 0.1) is 5.56 Å². The summed E-state index contributed by atoms with van der Waals surface area (Å²) >= 11 is 0. The SMILES string of the molecule is O=C1OCc2cc(O[C@@H]3CNC[C@@H]4C[C@@H]43)ccc21. The molecular weight excluding hydrogens is 230 g/mol. The van der Waals surface area contributed by atoms with Crippen molar-refractivity contribution in [2.75, 3.05) is 13.1 Å². The Kier molecular flexibility index (Phi) is 2.14. The molecule has 3 aliphatic rings. The molecule has 4 rings (SSSR count). The molecule has 0 amide bonds. The standard InChI is InChI=1S/C14H15NO3/c16-14-11-2-1-10(3-9(11)7-17-14)18-13-6-15-5-8-4-12(8)13/h1-3,8,12-13,15H,4-7H2/t8-,12-,13+/m0/s1. The highest BCUT2D eigenvalue weighted by molar-refractivity contribution is 5.93. The van der Waals surface area contributed by atoms with Gasteiger partial charge in [0.15, 0.2) is 0 Å². The maximum absolute atomic E-state index is 11.4. The lowest BCUT2D eigenvalue weighted by atomic mass is 10.1. The Morgan fingerprint density at radius 1 is 1.33 bits per heavy atom. The summed E-state index contributed by atoms with van der Waals surface area (Å²) < 4.78 is 11.0. The Balaban J connectivity index is 1.53. The van der Waals surface area contributed by atoms with Gasteiger partial charge in [0.25, 0.3) is 0 Å². The lowest BCUT2D eigenvalue weighted by molar-refractivity contribution is 0.0535. The molecule has 2 heterocycles. The van der Waals surface area contributed by atoms with Crippen LogP contribution < -0.4 is 10.1 Å². The van der Waals surface area contributed by atoms with Crippen molar-refractivity contribution < 1.29 is 14.3 Å². The van der Waals surface area contributed by atoms with Crippen LogP contribution in [0.3, 0.4) is 0 Å². The Labute approximate surface area is 105 Å². The third-order valence-electron chi connectivity index (χ3n) is 4.15. The average molecular weight is 245 g/mol. The highest BCUT2D eigenvalue weighted by Crippen LogP contribution is 2.44. The van der Waals surface area contributed by atoms with Crippen LogP contribution in [0.2, 0.25) is 0 Å². The van der Waals surface area contributed by atoms with Crippen molar-refractivity contribution in [3.63, 3.8) is 0 Å². The fourth-order valence-electron chi connectivity index (χ4n) is 3.01. The van der Waals surface area contributed by atoms with Crippen LogP contribution in [-0.4, -0.2) is 25.2 Å². The number of carbonyl (C=O) groups excluding carboxylic acids is 1. The zero-order valence-electron chi connectivity index (χ0n) is 10.0. The van der Waals surface area contributed by atoms with E-state index in [0.29, 0.717) is 12.2 Å². The minimum Gasteiger partial charge on any atom is -0.489 e. The van der Waals surface area contributed by atoms with Crippen molar-refractivity contribution in [3.05, 3.63) is 29.3 Å². The van der Waals surface area contributed by atoms with Gasteiger partial charge < -0.3 is 14.8 Å². The molecule has 1 N–H and O–H groups in total. The molecule has 0 bridgehead atoms. The molecular formula is C14H15NO3. The van der Waals surface area contributed by atoms with Gasteiger partial charge >= 0.3 is 5.97 Å². The lowest BCUT2D eigenvalue weighted by Crippen LogP contribution is -2.39. The number of piperidine rings is 1. The number of nitrogens with one attached hydrogen (secondary N) is 1. The molecule has 1 aromatic rings. The molecule has 0 spiro atoms. The molecule has 2 aliphatic heterocycles. The van der Waals surface area contributed by atoms with Crippen LogP contribution in [0.1, 0.15) is 22.3 Å². The molecule has 2 fully saturated rings. The zero-order valence-corrected chi connectivity index (χ0v) is 10.0. The van der Waals surface area contributed by atoms with E-state index in [1.54, 1.807) is 6.07 Å². The van der Waals surface area contributed by atoms with Crippen molar-refractivity contribution in [3.8, 4) is 5.75 Å². The molecule has 94 valence electrons. The minimum atomic E-state index is -0.224. The van der Waals surface area contributed by atoms with Crippen LogP contribution in [0.25, 0.3) is 0 Å². The summed E-state index contributed by atoms with van der Waals surface area (Å²) in [5.74, 6) is 2.16. The van der Waals surface area contributed by atoms with E-state index in [1.807, 2.05) is 12.1 Å². The van der Waals surface area contributed by atoms with Gasteiger partial charge in [0.1, 0.15) is 18.5 Å². The summed E-state index contributed by atoms with van der Waals surface area (Å²) in [5, 5.41) is 3.40. The summed E-state index contributed by atoms with van der Waals surface area (Å²) in [6.07, 6.45) is 1.56. The number of fused-ring (bicyclic) bond motifs is 2. The molecule has 4 nitrogen and oxygen atoms in total. The van der Waals surface area contributed by atoms with Gasteiger partial charge in [-0.2, -0.15) is 0 Å². The normalized spacial score (nSPS) is 32.4. The van der Waals surface area contributed by atoms with Crippen LogP contribution in [0.5, 0.6) is 5.75 Å². The minimum absolute atomic E-state index is 0.224. The van der Waals surface area contributed by atoms with Crippen molar-refractivity contribution in [2.24, 2.45) is 11.8 Å². The largest absolute Gasteiger partial charge is 0.489 e. The Morgan fingerprint density at radius 3 is 3.22 bits per heavy atom. The lowest BCUT2D eigenvalue weighted by Gasteiger charge is -2.23. The molecule has 3 atom stereocenters. The fraction of sp³-hybridized carbons (Fsp3) is 0.500. The Hall–Kier alpha value is -1.55. The molecule has 0 aromatic heterocycles. The number of benzene rings is 1. The smallest absolute Gasteiger partial charge is 0.338 e. The number of hydrogen-bond donors (Lipinski definition) is 1. The van der Waals surface area contributed by atoms with Crippen LogP contribution in [0.4, 0.5) is 0 Å². The molecule has 1 aliphatic carbocycles. The van der Waals surface area contributed by atoms with Gasteiger partial charge in [0, 0.05) is 18.0 Å². The van der Waals surface area contributed by atoms with E-state index in [1.165, 1.54) is 6.42 Å². The van der Waals surface area contributed by atoms with Gasteiger partial charge in [-0.05, 0) is 37.1 Å². The zero-order chi connectivity index (χ0) is 12.1. The van der Waals surface area contributed by atoms with E-state index in [-0.39, 0.29) is 12.1 Å². The number of esters is 1. The fourth-order valence-corrected chi connectivity index (χ4v) is 3.01. The summed E-state index contributed by atoms with van der Waals surface area (Å²) in [6.45, 7) is 2.44. The first-order valence-electron chi connectivity index (χ1n) is 6.49. The topological polar surface area (TPSA) is 47.6 Å². The van der Waals surface area contributed by atoms with E-state index < -0.39 is 0 Å². The van der Waals surface area contributed by atoms with Gasteiger partial charge in [-0.3, -0.25) is 0 Å². The highest BCUT2D eigenvalue weighted by atomic mass is 16.5. The average Bonchev–Trinajstić information content (AvgIpc) is 3.09. The second-order valence-corrected chi connectivity index (χ2v) is 5.37. The summed E-state index contributed by atoms with van der Waals surface area (Å²) in [6, 6.07) is 5.62. The third kappa shape index (κ3) is 1.60. The highest BCUT2D eigenvalue weighted by Gasteiger charge is 2.46.